The van der Waals surface area contributed by atoms with E-state index >= 15 is 0 Å². The quantitative estimate of drug-likeness (QED) is 0.649. The molecule has 1 atom stereocenters. The number of carboxylic acids is 1. The lowest BCUT2D eigenvalue weighted by atomic mass is 9.86. The molecule has 6 heteroatoms. The highest BCUT2D eigenvalue weighted by Crippen LogP contribution is 2.15. The molecule has 0 heterocycles. The fraction of sp³-hybridized carbons (Fsp3) is 0.235. The van der Waals surface area contributed by atoms with Crippen molar-refractivity contribution in [1.29, 1.82) is 0 Å². The Kier molecular flexibility index (Phi) is 6.20. The van der Waals surface area contributed by atoms with Gasteiger partial charge in [0.2, 0.25) is 0 Å². The fourth-order valence-electron chi connectivity index (χ4n) is 2.21. The monoisotopic (exact) mass is 313 g/mol. The number of hydrogen-bond donors (Lipinski definition) is 3. The molecule has 0 aliphatic carbocycles. The van der Waals surface area contributed by atoms with Crippen molar-refractivity contribution in [2.75, 3.05) is 0 Å². The number of hydrogen-bond acceptors (Lipinski definition) is 4. The summed E-state index contributed by atoms with van der Waals surface area (Å²) in [6, 6.07) is 16.3. The van der Waals surface area contributed by atoms with Gasteiger partial charge in [-0.25, -0.2) is 0 Å². The Hall–Kier alpha value is -2.31. The van der Waals surface area contributed by atoms with Crippen LogP contribution in [0.4, 0.5) is 0 Å². The van der Waals surface area contributed by atoms with Crippen molar-refractivity contribution >= 4 is 13.0 Å². The van der Waals surface area contributed by atoms with Crippen LogP contribution in [0.5, 0.6) is 5.75 Å². The predicted molar refractivity (Wildman–Crippen MR) is 89.3 cm³/mol. The molecule has 0 saturated heterocycles. The summed E-state index contributed by atoms with van der Waals surface area (Å²) in [4.78, 5) is 11.2. The van der Waals surface area contributed by atoms with Crippen LogP contribution in [0.2, 0.25) is 6.82 Å². The van der Waals surface area contributed by atoms with E-state index in [0.717, 1.165) is 16.9 Å². The van der Waals surface area contributed by atoms with Crippen molar-refractivity contribution in [2.45, 2.75) is 25.9 Å². The van der Waals surface area contributed by atoms with Crippen molar-refractivity contribution in [1.82, 2.24) is 5.23 Å². The van der Waals surface area contributed by atoms with E-state index in [1.807, 2.05) is 54.6 Å². The molecule has 0 aliphatic heterocycles. The van der Waals surface area contributed by atoms with Crippen molar-refractivity contribution in [2.24, 2.45) is 0 Å². The van der Waals surface area contributed by atoms with Gasteiger partial charge in [-0.1, -0.05) is 42.5 Å². The third-order valence-electron chi connectivity index (χ3n) is 3.35. The predicted octanol–water partition coefficient (Wildman–Crippen LogP) is 1.96. The summed E-state index contributed by atoms with van der Waals surface area (Å²) in [7, 11) is -0.871. The SMILES string of the molecule is CB(O)N[C@H](Cc1ccc(OCc2ccccc2)cc1)C(=O)O. The third kappa shape index (κ3) is 5.77. The van der Waals surface area contributed by atoms with Crippen LogP contribution in [0, 0.1) is 0 Å². The van der Waals surface area contributed by atoms with Gasteiger partial charge in [0.25, 0.3) is 0 Å². The van der Waals surface area contributed by atoms with Gasteiger partial charge in [-0.15, -0.1) is 0 Å². The average Bonchev–Trinajstić information content (AvgIpc) is 2.54. The minimum atomic E-state index is -0.990. The van der Waals surface area contributed by atoms with E-state index < -0.39 is 19.1 Å². The van der Waals surface area contributed by atoms with Gasteiger partial charge in [0.05, 0.1) is 0 Å². The number of aliphatic carboxylic acids is 1. The van der Waals surface area contributed by atoms with Crippen LogP contribution < -0.4 is 9.96 Å². The van der Waals surface area contributed by atoms with Crippen LogP contribution in [0.15, 0.2) is 54.6 Å². The van der Waals surface area contributed by atoms with Crippen LogP contribution in [0.1, 0.15) is 11.1 Å². The minimum absolute atomic E-state index is 0.291. The van der Waals surface area contributed by atoms with Gasteiger partial charge in [-0.3, -0.25) is 4.79 Å². The van der Waals surface area contributed by atoms with Crippen molar-refractivity contribution in [3.8, 4) is 5.75 Å². The number of rotatable bonds is 8. The normalized spacial score (nSPS) is 11.7. The summed E-state index contributed by atoms with van der Waals surface area (Å²) in [5.74, 6) is -0.261. The molecule has 23 heavy (non-hydrogen) atoms. The summed E-state index contributed by atoms with van der Waals surface area (Å²) in [5.41, 5.74) is 1.95. The highest BCUT2D eigenvalue weighted by molar-refractivity contribution is 6.46. The molecule has 0 bridgehead atoms. The lowest BCUT2D eigenvalue weighted by Gasteiger charge is -2.15. The highest BCUT2D eigenvalue weighted by Gasteiger charge is 2.20. The molecule has 120 valence electrons. The second-order valence-corrected chi connectivity index (χ2v) is 5.36. The molecule has 0 spiro atoms. The Labute approximate surface area is 136 Å². The second-order valence-electron chi connectivity index (χ2n) is 5.36. The zero-order chi connectivity index (χ0) is 16.7. The minimum Gasteiger partial charge on any atom is -0.489 e. The number of benzene rings is 2. The fourth-order valence-corrected chi connectivity index (χ4v) is 2.21. The van der Waals surface area contributed by atoms with Gasteiger partial charge in [-0.2, -0.15) is 0 Å². The Morgan fingerprint density at radius 1 is 1.13 bits per heavy atom. The Morgan fingerprint density at radius 2 is 1.78 bits per heavy atom. The zero-order valence-corrected chi connectivity index (χ0v) is 13.0. The summed E-state index contributed by atoms with van der Waals surface area (Å²) >= 11 is 0. The first-order valence-corrected chi connectivity index (χ1v) is 7.47. The van der Waals surface area contributed by atoms with Crippen molar-refractivity contribution in [3.63, 3.8) is 0 Å². The van der Waals surface area contributed by atoms with Gasteiger partial charge < -0.3 is 20.1 Å². The lowest BCUT2D eigenvalue weighted by molar-refractivity contribution is -0.139. The molecule has 0 fully saturated rings. The Balaban J connectivity index is 1.92. The topological polar surface area (TPSA) is 78.8 Å². The standard InChI is InChI=1S/C17H20BNO4/c1-18(22)19-16(17(20)21)11-13-7-9-15(10-8-13)23-12-14-5-3-2-4-6-14/h2-10,16,19,22H,11-12H2,1H3,(H,20,21)/t16-/m1/s1. The molecule has 0 aliphatic rings. The van der Waals surface area contributed by atoms with Gasteiger partial charge >= 0.3 is 13.0 Å². The van der Waals surface area contributed by atoms with Gasteiger partial charge in [-0.05, 0) is 36.5 Å². The molecular formula is C17H20BNO4. The molecule has 2 aromatic carbocycles. The maximum atomic E-state index is 11.2. The number of carboxylic acid groups (broad SMARTS) is 1. The van der Waals surface area contributed by atoms with Crippen molar-refractivity contribution in [3.05, 3.63) is 65.7 Å². The molecular weight excluding hydrogens is 293 g/mol. The number of ether oxygens (including phenoxy) is 1. The summed E-state index contributed by atoms with van der Waals surface area (Å²) in [6.45, 7) is 1.98. The van der Waals surface area contributed by atoms with E-state index in [0.29, 0.717) is 13.0 Å². The summed E-state index contributed by atoms with van der Waals surface area (Å²) in [6.07, 6.45) is 0.291. The molecule has 0 saturated carbocycles. The molecule has 3 N–H and O–H groups in total. The molecule has 0 aromatic heterocycles. The average molecular weight is 313 g/mol. The van der Waals surface area contributed by atoms with Crippen LogP contribution in [-0.2, 0) is 17.8 Å². The van der Waals surface area contributed by atoms with Gasteiger partial charge in [0.15, 0.2) is 0 Å². The summed E-state index contributed by atoms with van der Waals surface area (Å²) in [5, 5.41) is 21.0. The van der Waals surface area contributed by atoms with Crippen LogP contribution in [0.25, 0.3) is 0 Å². The first-order chi connectivity index (χ1) is 11.0. The largest absolute Gasteiger partial charge is 0.489 e. The van der Waals surface area contributed by atoms with Crippen LogP contribution >= 0.6 is 0 Å². The van der Waals surface area contributed by atoms with E-state index in [1.165, 1.54) is 6.82 Å². The van der Waals surface area contributed by atoms with Gasteiger partial charge in [0.1, 0.15) is 18.4 Å². The van der Waals surface area contributed by atoms with E-state index in [9.17, 15) is 9.82 Å². The molecule has 0 radical (unpaired) electrons. The maximum absolute atomic E-state index is 11.2. The number of carbonyl (C=O) groups is 1. The molecule has 0 amide bonds. The lowest BCUT2D eigenvalue weighted by Crippen LogP contribution is -2.46. The molecule has 2 rings (SSSR count). The zero-order valence-electron chi connectivity index (χ0n) is 13.0. The summed E-state index contributed by atoms with van der Waals surface area (Å²) < 4.78 is 5.69. The third-order valence-corrected chi connectivity index (χ3v) is 3.35. The van der Waals surface area contributed by atoms with Gasteiger partial charge in [0, 0.05) is 0 Å². The van der Waals surface area contributed by atoms with E-state index in [1.54, 1.807) is 0 Å². The first kappa shape index (κ1) is 17.1. The first-order valence-electron chi connectivity index (χ1n) is 7.47. The smallest absolute Gasteiger partial charge is 0.374 e. The maximum Gasteiger partial charge on any atom is 0.374 e. The highest BCUT2D eigenvalue weighted by atomic mass is 16.5. The van der Waals surface area contributed by atoms with E-state index in [2.05, 4.69) is 5.23 Å². The van der Waals surface area contributed by atoms with Crippen LogP contribution in [-0.4, -0.2) is 29.2 Å². The van der Waals surface area contributed by atoms with Crippen molar-refractivity contribution < 1.29 is 19.7 Å². The molecule has 5 nitrogen and oxygen atoms in total. The Bertz CT molecular complexity index is 616. The van der Waals surface area contributed by atoms with E-state index in [4.69, 9.17) is 9.84 Å². The number of nitrogens with one attached hydrogen (secondary N) is 1. The van der Waals surface area contributed by atoms with Crippen LogP contribution in [0.3, 0.4) is 0 Å². The molecule has 2 aromatic rings. The second kappa shape index (κ2) is 8.36. The van der Waals surface area contributed by atoms with E-state index in [-0.39, 0.29) is 0 Å². The Morgan fingerprint density at radius 3 is 2.35 bits per heavy atom. The molecule has 0 unspecified atom stereocenters.